The van der Waals surface area contributed by atoms with Crippen molar-refractivity contribution in [3.8, 4) is 0 Å². The van der Waals surface area contributed by atoms with Crippen LogP contribution in [-0.2, 0) is 16.6 Å². The minimum atomic E-state index is -4.16. The van der Waals surface area contributed by atoms with Crippen LogP contribution in [0.25, 0.3) is 0 Å². The molecule has 0 spiro atoms. The molecule has 1 amide bonds. The number of carbonyl (C=O) groups excluding carboxylic acids is 1. The molecule has 1 heterocycles. The van der Waals surface area contributed by atoms with Crippen LogP contribution in [0.5, 0.6) is 0 Å². The average molecular weight is 484 g/mol. The summed E-state index contributed by atoms with van der Waals surface area (Å²) in [7, 11) is -4.16. The fraction of sp³-hybridized carbons (Fsp3) is 0.217. The van der Waals surface area contributed by atoms with Crippen LogP contribution in [0.15, 0.2) is 71.8 Å². The average Bonchev–Trinajstić information content (AvgIpc) is 2.84. The number of hydrogen-bond donors (Lipinski definition) is 2. The first kappa shape index (κ1) is 24.6. The van der Waals surface area contributed by atoms with E-state index in [1.54, 1.807) is 18.3 Å². The number of amides is 1. The van der Waals surface area contributed by atoms with Crippen molar-refractivity contribution >= 4 is 33.1 Å². The van der Waals surface area contributed by atoms with Crippen LogP contribution in [0.1, 0.15) is 29.8 Å². The number of anilines is 2. The number of sulfonamides is 1. The summed E-state index contributed by atoms with van der Waals surface area (Å²) in [5.41, 5.74) is 0.610. The molecule has 178 valence electrons. The molecule has 10 nitrogen and oxygen atoms in total. The molecule has 0 aliphatic heterocycles. The van der Waals surface area contributed by atoms with Gasteiger partial charge in [0.1, 0.15) is 5.82 Å². The normalized spacial score (nSPS) is 11.0. The summed E-state index contributed by atoms with van der Waals surface area (Å²) in [6.07, 6.45) is 1.69. The SMILES string of the molecule is CCN(CC)c1ccc(CNC(=O)c2ccccc2NS(=O)(=O)c2cccc([N+](=O)[O-])c2)cn1. The number of benzene rings is 2. The van der Waals surface area contributed by atoms with E-state index in [1.165, 1.54) is 30.3 Å². The summed E-state index contributed by atoms with van der Waals surface area (Å²) in [5, 5.41) is 13.7. The number of nitro groups is 1. The molecule has 3 aromatic rings. The van der Waals surface area contributed by atoms with Gasteiger partial charge >= 0.3 is 0 Å². The van der Waals surface area contributed by atoms with E-state index in [1.807, 2.05) is 26.0 Å². The third kappa shape index (κ3) is 5.87. The molecule has 0 saturated carbocycles. The van der Waals surface area contributed by atoms with E-state index in [9.17, 15) is 23.3 Å². The Morgan fingerprint density at radius 3 is 2.44 bits per heavy atom. The van der Waals surface area contributed by atoms with Gasteiger partial charge in [-0.25, -0.2) is 13.4 Å². The van der Waals surface area contributed by atoms with E-state index >= 15 is 0 Å². The molecule has 0 aliphatic carbocycles. The Morgan fingerprint density at radius 2 is 1.79 bits per heavy atom. The van der Waals surface area contributed by atoms with Gasteiger partial charge in [-0.3, -0.25) is 19.6 Å². The zero-order chi connectivity index (χ0) is 24.7. The highest BCUT2D eigenvalue weighted by atomic mass is 32.2. The van der Waals surface area contributed by atoms with Gasteiger partial charge in [0.05, 0.1) is 21.1 Å². The summed E-state index contributed by atoms with van der Waals surface area (Å²) in [6.45, 7) is 5.97. The highest BCUT2D eigenvalue weighted by Crippen LogP contribution is 2.23. The number of rotatable bonds is 10. The van der Waals surface area contributed by atoms with Crippen LogP contribution >= 0.6 is 0 Å². The molecule has 0 aliphatic rings. The van der Waals surface area contributed by atoms with Crippen molar-refractivity contribution in [1.82, 2.24) is 10.3 Å². The van der Waals surface area contributed by atoms with Crippen molar-refractivity contribution in [2.24, 2.45) is 0 Å². The lowest BCUT2D eigenvalue weighted by Crippen LogP contribution is -2.25. The third-order valence-corrected chi connectivity index (χ3v) is 6.47. The van der Waals surface area contributed by atoms with Crippen molar-refractivity contribution in [2.45, 2.75) is 25.3 Å². The van der Waals surface area contributed by atoms with E-state index in [-0.39, 0.29) is 28.4 Å². The Labute approximate surface area is 197 Å². The molecule has 0 bridgehead atoms. The first-order chi connectivity index (χ1) is 16.2. The minimum absolute atomic E-state index is 0.0570. The number of non-ortho nitro benzene ring substituents is 1. The van der Waals surface area contributed by atoms with Crippen molar-refractivity contribution < 1.29 is 18.1 Å². The summed E-state index contributed by atoms with van der Waals surface area (Å²) < 4.78 is 27.9. The van der Waals surface area contributed by atoms with Gasteiger partial charge in [0.2, 0.25) is 0 Å². The Hall–Kier alpha value is -3.99. The van der Waals surface area contributed by atoms with Crippen molar-refractivity contribution in [3.63, 3.8) is 0 Å². The van der Waals surface area contributed by atoms with Gasteiger partial charge in [-0.1, -0.05) is 24.3 Å². The number of carbonyl (C=O) groups is 1. The molecule has 0 saturated heterocycles. The van der Waals surface area contributed by atoms with Crippen LogP contribution in [0.2, 0.25) is 0 Å². The maximum Gasteiger partial charge on any atom is 0.270 e. The smallest absolute Gasteiger partial charge is 0.270 e. The molecule has 1 aromatic heterocycles. The van der Waals surface area contributed by atoms with Gasteiger partial charge in [0.25, 0.3) is 21.6 Å². The van der Waals surface area contributed by atoms with Gasteiger partial charge in [-0.2, -0.15) is 0 Å². The summed E-state index contributed by atoms with van der Waals surface area (Å²) in [4.78, 5) is 29.4. The predicted octanol–water partition coefficient (Wildman–Crippen LogP) is 3.57. The molecule has 2 aromatic carbocycles. The number of nitrogens with one attached hydrogen (secondary N) is 2. The fourth-order valence-corrected chi connectivity index (χ4v) is 4.39. The zero-order valence-corrected chi connectivity index (χ0v) is 19.6. The Bertz CT molecular complexity index is 1270. The summed E-state index contributed by atoms with van der Waals surface area (Å²) in [5.74, 6) is 0.367. The maximum absolute atomic E-state index is 12.8. The van der Waals surface area contributed by atoms with Crippen LogP contribution in [-0.4, -0.2) is 37.3 Å². The summed E-state index contributed by atoms with van der Waals surface area (Å²) in [6, 6.07) is 14.6. The number of pyridine rings is 1. The molecule has 2 N–H and O–H groups in total. The molecular weight excluding hydrogens is 458 g/mol. The molecule has 34 heavy (non-hydrogen) atoms. The minimum Gasteiger partial charge on any atom is -0.357 e. The second kappa shape index (κ2) is 10.8. The lowest BCUT2D eigenvalue weighted by molar-refractivity contribution is -0.385. The number of para-hydroxylation sites is 1. The van der Waals surface area contributed by atoms with E-state index < -0.39 is 20.9 Å². The second-order valence-corrected chi connectivity index (χ2v) is 8.97. The maximum atomic E-state index is 12.8. The topological polar surface area (TPSA) is 135 Å². The molecule has 0 fully saturated rings. The van der Waals surface area contributed by atoms with E-state index in [0.29, 0.717) is 0 Å². The second-order valence-electron chi connectivity index (χ2n) is 7.29. The third-order valence-electron chi connectivity index (χ3n) is 5.10. The monoisotopic (exact) mass is 483 g/mol. The molecular formula is C23H25N5O5S. The Morgan fingerprint density at radius 1 is 1.06 bits per heavy atom. The van der Waals surface area contributed by atoms with Gasteiger partial charge < -0.3 is 10.2 Å². The van der Waals surface area contributed by atoms with Crippen LogP contribution in [0, 0.1) is 10.1 Å². The molecule has 0 radical (unpaired) electrons. The standard InChI is InChI=1S/C23H25N5O5S/c1-3-27(4-2)22-13-12-17(15-24-22)16-25-23(29)20-10-5-6-11-21(20)26-34(32,33)19-9-7-8-18(14-19)28(30)31/h5-15,26H,3-4,16H2,1-2H3,(H,25,29). The van der Waals surface area contributed by atoms with Gasteiger partial charge in [-0.05, 0) is 43.7 Å². The summed E-state index contributed by atoms with van der Waals surface area (Å²) >= 11 is 0. The van der Waals surface area contributed by atoms with Crippen molar-refractivity contribution in [2.75, 3.05) is 22.7 Å². The van der Waals surface area contributed by atoms with E-state index in [2.05, 4.69) is 19.9 Å². The van der Waals surface area contributed by atoms with Crippen LogP contribution < -0.4 is 14.9 Å². The first-order valence-corrected chi connectivity index (χ1v) is 12.1. The Kier molecular flexibility index (Phi) is 7.79. The van der Waals surface area contributed by atoms with E-state index in [0.717, 1.165) is 30.5 Å². The van der Waals surface area contributed by atoms with Crippen molar-refractivity contribution in [1.29, 1.82) is 0 Å². The fourth-order valence-electron chi connectivity index (χ4n) is 3.27. The zero-order valence-electron chi connectivity index (χ0n) is 18.8. The highest BCUT2D eigenvalue weighted by molar-refractivity contribution is 7.92. The lowest BCUT2D eigenvalue weighted by Gasteiger charge is -2.19. The largest absolute Gasteiger partial charge is 0.357 e. The molecule has 11 heteroatoms. The van der Waals surface area contributed by atoms with Crippen LogP contribution in [0.4, 0.5) is 17.2 Å². The number of nitro benzene ring substituents is 1. The highest BCUT2D eigenvalue weighted by Gasteiger charge is 2.20. The van der Waals surface area contributed by atoms with Gasteiger partial charge in [0.15, 0.2) is 0 Å². The van der Waals surface area contributed by atoms with E-state index in [4.69, 9.17) is 0 Å². The number of nitrogens with zero attached hydrogens (tertiary/aromatic N) is 3. The van der Waals surface area contributed by atoms with Gasteiger partial charge in [-0.15, -0.1) is 0 Å². The number of aromatic nitrogens is 1. The predicted molar refractivity (Wildman–Crippen MR) is 129 cm³/mol. The molecule has 3 rings (SSSR count). The quantitative estimate of drug-likeness (QED) is 0.332. The molecule has 0 unspecified atom stereocenters. The van der Waals surface area contributed by atoms with Crippen molar-refractivity contribution in [3.05, 3.63) is 88.1 Å². The van der Waals surface area contributed by atoms with Crippen LogP contribution in [0.3, 0.4) is 0 Å². The molecule has 0 atom stereocenters. The lowest BCUT2D eigenvalue weighted by atomic mass is 10.1. The number of hydrogen-bond acceptors (Lipinski definition) is 7. The Balaban J connectivity index is 1.74. The van der Waals surface area contributed by atoms with Gasteiger partial charge in [0, 0.05) is 38.0 Å². The first-order valence-electron chi connectivity index (χ1n) is 10.6.